The molecule has 0 saturated heterocycles. The van der Waals surface area contributed by atoms with Crippen molar-refractivity contribution in [2.75, 3.05) is 0 Å². The SMILES string of the molecule is Cn1c(-c2ccccc2)nn(Cc2ccccc2)c1=O. The molecule has 0 bridgehead atoms. The summed E-state index contributed by atoms with van der Waals surface area (Å²) in [5.74, 6) is 0.687. The van der Waals surface area contributed by atoms with E-state index >= 15 is 0 Å². The zero-order valence-corrected chi connectivity index (χ0v) is 11.2. The Morgan fingerprint density at radius 2 is 1.55 bits per heavy atom. The fourth-order valence-corrected chi connectivity index (χ4v) is 2.19. The Morgan fingerprint density at radius 3 is 2.20 bits per heavy atom. The second-order valence-electron chi connectivity index (χ2n) is 4.67. The Morgan fingerprint density at radius 1 is 0.950 bits per heavy atom. The van der Waals surface area contributed by atoms with Crippen molar-refractivity contribution < 1.29 is 0 Å². The van der Waals surface area contributed by atoms with E-state index in [0.717, 1.165) is 11.1 Å². The van der Waals surface area contributed by atoms with Gasteiger partial charge in [0.05, 0.1) is 6.54 Å². The molecule has 0 aliphatic heterocycles. The predicted molar refractivity (Wildman–Crippen MR) is 78.4 cm³/mol. The summed E-state index contributed by atoms with van der Waals surface area (Å²) in [6.45, 7) is 0.486. The van der Waals surface area contributed by atoms with Crippen LogP contribution in [0.5, 0.6) is 0 Å². The van der Waals surface area contributed by atoms with Gasteiger partial charge in [-0.1, -0.05) is 60.7 Å². The first-order chi connectivity index (χ1) is 9.75. The van der Waals surface area contributed by atoms with Crippen molar-refractivity contribution >= 4 is 0 Å². The van der Waals surface area contributed by atoms with Crippen molar-refractivity contribution in [3.63, 3.8) is 0 Å². The van der Waals surface area contributed by atoms with E-state index in [0.29, 0.717) is 12.4 Å². The quantitative estimate of drug-likeness (QED) is 0.729. The molecule has 0 radical (unpaired) electrons. The molecule has 0 spiro atoms. The largest absolute Gasteiger partial charge is 0.346 e. The van der Waals surface area contributed by atoms with Gasteiger partial charge in [-0.2, -0.15) is 0 Å². The fourth-order valence-electron chi connectivity index (χ4n) is 2.19. The first-order valence-electron chi connectivity index (χ1n) is 6.49. The third-order valence-corrected chi connectivity index (χ3v) is 3.25. The standard InChI is InChI=1S/C16H15N3O/c1-18-15(14-10-6-3-7-11-14)17-19(16(18)20)12-13-8-4-2-5-9-13/h2-11H,12H2,1H3. The first-order valence-corrected chi connectivity index (χ1v) is 6.49. The van der Waals surface area contributed by atoms with E-state index in [-0.39, 0.29) is 5.69 Å². The second kappa shape index (κ2) is 5.17. The molecule has 100 valence electrons. The Labute approximate surface area is 116 Å². The summed E-state index contributed by atoms with van der Waals surface area (Å²) in [4.78, 5) is 12.2. The zero-order chi connectivity index (χ0) is 13.9. The van der Waals surface area contributed by atoms with Gasteiger partial charge in [0, 0.05) is 12.6 Å². The topological polar surface area (TPSA) is 39.8 Å². The van der Waals surface area contributed by atoms with Crippen LogP contribution >= 0.6 is 0 Å². The monoisotopic (exact) mass is 265 g/mol. The van der Waals surface area contributed by atoms with Crippen LogP contribution in [0, 0.1) is 0 Å². The summed E-state index contributed by atoms with van der Waals surface area (Å²) >= 11 is 0. The minimum Gasteiger partial charge on any atom is -0.278 e. The van der Waals surface area contributed by atoms with Crippen molar-refractivity contribution in [3.05, 3.63) is 76.7 Å². The molecular weight excluding hydrogens is 250 g/mol. The van der Waals surface area contributed by atoms with Gasteiger partial charge in [0.1, 0.15) is 0 Å². The van der Waals surface area contributed by atoms with Gasteiger partial charge in [-0.25, -0.2) is 9.48 Å². The van der Waals surface area contributed by atoms with Gasteiger partial charge >= 0.3 is 5.69 Å². The van der Waals surface area contributed by atoms with Gasteiger partial charge in [-0.15, -0.1) is 5.10 Å². The molecule has 0 N–H and O–H groups in total. The fraction of sp³-hybridized carbons (Fsp3) is 0.125. The number of rotatable bonds is 3. The van der Waals surface area contributed by atoms with E-state index in [1.54, 1.807) is 11.6 Å². The normalized spacial score (nSPS) is 10.7. The molecule has 0 unspecified atom stereocenters. The molecule has 0 fully saturated rings. The number of hydrogen-bond donors (Lipinski definition) is 0. The smallest absolute Gasteiger partial charge is 0.278 e. The summed E-state index contributed by atoms with van der Waals surface area (Å²) in [6.07, 6.45) is 0. The summed E-state index contributed by atoms with van der Waals surface area (Å²) < 4.78 is 3.08. The Hall–Kier alpha value is -2.62. The van der Waals surface area contributed by atoms with Crippen LogP contribution in [0.15, 0.2) is 65.5 Å². The van der Waals surface area contributed by atoms with Crippen molar-refractivity contribution in [1.29, 1.82) is 0 Å². The molecule has 3 aromatic rings. The molecule has 0 atom stereocenters. The van der Waals surface area contributed by atoms with Crippen molar-refractivity contribution in [2.24, 2.45) is 7.05 Å². The highest BCUT2D eigenvalue weighted by molar-refractivity contribution is 5.54. The predicted octanol–water partition coefficient (Wildman–Crippen LogP) is 2.30. The Bertz CT molecular complexity index is 757. The number of hydrogen-bond acceptors (Lipinski definition) is 2. The Kier molecular flexibility index (Phi) is 3.21. The Balaban J connectivity index is 2.01. The third kappa shape index (κ3) is 2.28. The van der Waals surface area contributed by atoms with E-state index in [2.05, 4.69) is 5.10 Å². The molecule has 2 aromatic carbocycles. The summed E-state index contributed by atoms with van der Waals surface area (Å²) in [7, 11) is 1.75. The van der Waals surface area contributed by atoms with Crippen LogP contribution in [0.2, 0.25) is 0 Å². The lowest BCUT2D eigenvalue weighted by atomic mass is 10.2. The van der Waals surface area contributed by atoms with Crippen molar-refractivity contribution in [2.45, 2.75) is 6.54 Å². The molecule has 0 aliphatic carbocycles. The summed E-state index contributed by atoms with van der Waals surface area (Å²) in [5.41, 5.74) is 1.90. The first kappa shape index (κ1) is 12.4. The van der Waals surface area contributed by atoms with Crippen LogP contribution in [-0.2, 0) is 13.6 Å². The lowest BCUT2D eigenvalue weighted by Gasteiger charge is -1.99. The molecule has 1 aromatic heterocycles. The average molecular weight is 265 g/mol. The van der Waals surface area contributed by atoms with Crippen molar-refractivity contribution in [1.82, 2.24) is 14.3 Å². The lowest BCUT2D eigenvalue weighted by molar-refractivity contribution is 0.647. The van der Waals surface area contributed by atoms with Crippen LogP contribution in [-0.4, -0.2) is 14.3 Å². The highest BCUT2D eigenvalue weighted by Crippen LogP contribution is 2.14. The van der Waals surface area contributed by atoms with Crippen LogP contribution in [0.3, 0.4) is 0 Å². The number of benzene rings is 2. The number of nitrogens with zero attached hydrogens (tertiary/aromatic N) is 3. The molecule has 4 nitrogen and oxygen atoms in total. The van der Waals surface area contributed by atoms with E-state index in [1.807, 2.05) is 60.7 Å². The van der Waals surface area contributed by atoms with Gasteiger partial charge in [-0.3, -0.25) is 4.57 Å². The molecule has 20 heavy (non-hydrogen) atoms. The van der Waals surface area contributed by atoms with Gasteiger partial charge in [-0.05, 0) is 5.56 Å². The molecule has 4 heteroatoms. The van der Waals surface area contributed by atoms with E-state index in [9.17, 15) is 4.79 Å². The highest BCUT2D eigenvalue weighted by Gasteiger charge is 2.11. The van der Waals surface area contributed by atoms with E-state index in [4.69, 9.17) is 0 Å². The maximum atomic E-state index is 12.2. The van der Waals surface area contributed by atoms with Crippen LogP contribution in [0.1, 0.15) is 5.56 Å². The van der Waals surface area contributed by atoms with Crippen LogP contribution in [0.4, 0.5) is 0 Å². The minimum absolute atomic E-state index is 0.104. The molecular formula is C16H15N3O. The third-order valence-electron chi connectivity index (χ3n) is 3.25. The maximum Gasteiger partial charge on any atom is 0.346 e. The van der Waals surface area contributed by atoms with Gasteiger partial charge in [0.25, 0.3) is 0 Å². The van der Waals surface area contributed by atoms with Gasteiger partial charge in [0.15, 0.2) is 5.82 Å². The van der Waals surface area contributed by atoms with Crippen LogP contribution < -0.4 is 5.69 Å². The molecule has 0 saturated carbocycles. The minimum atomic E-state index is -0.104. The maximum absolute atomic E-state index is 12.2. The summed E-state index contributed by atoms with van der Waals surface area (Å²) in [5, 5.41) is 4.44. The van der Waals surface area contributed by atoms with Crippen LogP contribution in [0.25, 0.3) is 11.4 Å². The second-order valence-corrected chi connectivity index (χ2v) is 4.67. The zero-order valence-electron chi connectivity index (χ0n) is 11.2. The molecule has 1 heterocycles. The van der Waals surface area contributed by atoms with Gasteiger partial charge < -0.3 is 0 Å². The van der Waals surface area contributed by atoms with Gasteiger partial charge in [0.2, 0.25) is 0 Å². The molecule has 0 aliphatic rings. The van der Waals surface area contributed by atoms with Crippen molar-refractivity contribution in [3.8, 4) is 11.4 Å². The average Bonchev–Trinajstić information content (AvgIpc) is 2.78. The summed E-state index contributed by atoms with van der Waals surface area (Å²) in [6, 6.07) is 19.6. The van der Waals surface area contributed by atoms with E-state index in [1.165, 1.54) is 4.68 Å². The van der Waals surface area contributed by atoms with E-state index < -0.39 is 0 Å². The highest BCUT2D eigenvalue weighted by atomic mass is 16.2. The lowest BCUT2D eigenvalue weighted by Crippen LogP contribution is -2.23. The molecule has 0 amide bonds. The number of aromatic nitrogens is 3. The molecule has 3 rings (SSSR count).